The highest BCUT2D eigenvalue weighted by Crippen LogP contribution is 2.32. The van der Waals surface area contributed by atoms with Crippen LogP contribution >= 0.6 is 0 Å². The van der Waals surface area contributed by atoms with Crippen molar-refractivity contribution in [3.63, 3.8) is 0 Å². The third-order valence-electron chi connectivity index (χ3n) is 8.60. The zero-order chi connectivity index (χ0) is 46.0. The maximum Gasteiger partial charge on any atom is 0.296 e. The second kappa shape index (κ2) is 17.4. The SMILES string of the molecule is NS(=O)(=O)c1cccc(Nc2nc(Nc3ccccc3)nc(Nc3ccc4c(c3)C=C(S(=O)(=O)O)/C(=N/Nc3ccc(N=Nc5ccc(S(=O)(=O)O)cc5)cc3S(=O)(=O)O)C4=O)n2)c1. The summed E-state index contributed by atoms with van der Waals surface area (Å²) in [4.78, 5) is 24.5. The Balaban J connectivity index is 1.17. The van der Waals surface area contributed by atoms with Crippen molar-refractivity contribution in [3.05, 3.63) is 131 Å². The van der Waals surface area contributed by atoms with E-state index in [0.29, 0.717) is 5.69 Å². The molecule has 0 spiro atoms. The number of nitrogens with two attached hydrogens (primary N) is 1. The summed E-state index contributed by atoms with van der Waals surface area (Å²) in [6.07, 6.45) is 0.939. The third-order valence-corrected chi connectivity index (χ3v) is 12.1. The molecule has 1 aliphatic carbocycles. The molecule has 0 amide bonds. The average molecular weight is 948 g/mol. The van der Waals surface area contributed by atoms with E-state index < -0.39 is 72.3 Å². The number of nitrogens with zero attached hydrogens (tertiary/aromatic N) is 6. The molecule has 328 valence electrons. The van der Waals surface area contributed by atoms with Crippen molar-refractivity contribution in [3.8, 4) is 0 Å². The van der Waals surface area contributed by atoms with E-state index in [1.807, 2.05) is 0 Å². The maximum atomic E-state index is 13.8. The first-order valence-electron chi connectivity index (χ1n) is 17.7. The van der Waals surface area contributed by atoms with Gasteiger partial charge in [0.1, 0.15) is 9.80 Å². The lowest BCUT2D eigenvalue weighted by Gasteiger charge is -2.18. The standard InChI is InChI=1S/C37H29N11O12S4/c38-61(50,51)28-8-4-7-24(19-28)40-36-42-35(39-22-5-2-1-3-6-22)43-37(44-36)41-25-11-15-29-21(17-25)18-32(64(58,59)60)33(34(29)49)48-47-30-16-12-26(20-31(30)63(55,56)57)46-45-23-9-13-27(14-10-23)62(52,53)54/h1-20,47H,(H2,38,50,51)(H,52,53,54)(H,55,56,57)(H,58,59,60)(H3,39,40,41,42,43,44)/b46-45?,48-33-. The monoisotopic (exact) mass is 947 g/mol. The van der Waals surface area contributed by atoms with Gasteiger partial charge in [-0.05, 0) is 103 Å². The number of ketones is 1. The molecule has 7 rings (SSSR count). The van der Waals surface area contributed by atoms with Crippen molar-refractivity contribution in [1.29, 1.82) is 0 Å². The van der Waals surface area contributed by atoms with Crippen LogP contribution in [0.5, 0.6) is 0 Å². The molecule has 0 fully saturated rings. The molecule has 9 N–H and O–H groups in total. The van der Waals surface area contributed by atoms with Gasteiger partial charge in [-0.1, -0.05) is 24.3 Å². The van der Waals surface area contributed by atoms with Gasteiger partial charge in [-0.2, -0.15) is 55.5 Å². The topological polar surface area (TPSA) is 364 Å². The minimum absolute atomic E-state index is 0.0163. The van der Waals surface area contributed by atoms with Crippen molar-refractivity contribution in [1.82, 2.24) is 15.0 Å². The molecule has 1 heterocycles. The lowest BCUT2D eigenvalue weighted by molar-refractivity contribution is 0.106. The number of Topliss-reactive ketones (excluding diaryl/α,β-unsaturated/α-hetero) is 1. The van der Waals surface area contributed by atoms with Gasteiger partial charge in [0.15, 0.2) is 5.71 Å². The van der Waals surface area contributed by atoms with E-state index in [2.05, 4.69) is 51.7 Å². The molecule has 1 aliphatic rings. The largest absolute Gasteiger partial charge is 0.324 e. The van der Waals surface area contributed by atoms with Gasteiger partial charge >= 0.3 is 0 Å². The Bertz CT molecular complexity index is 3410. The highest BCUT2D eigenvalue weighted by atomic mass is 32.2. The summed E-state index contributed by atoms with van der Waals surface area (Å²) in [5.74, 6) is -1.13. The zero-order valence-electron chi connectivity index (χ0n) is 32.0. The fraction of sp³-hybridized carbons (Fsp3) is 0. The normalized spacial score (nSPS) is 13.9. The van der Waals surface area contributed by atoms with Crippen LogP contribution < -0.4 is 26.5 Å². The number of nitrogens with one attached hydrogen (secondary N) is 4. The van der Waals surface area contributed by atoms with E-state index in [1.165, 1.54) is 54.6 Å². The number of fused-ring (bicyclic) bond motifs is 1. The number of anilines is 7. The fourth-order valence-electron chi connectivity index (χ4n) is 5.72. The Morgan fingerprint density at radius 2 is 1.12 bits per heavy atom. The summed E-state index contributed by atoms with van der Waals surface area (Å²) in [6.45, 7) is 0. The van der Waals surface area contributed by atoms with Crippen molar-refractivity contribution in [2.24, 2.45) is 20.5 Å². The molecule has 27 heteroatoms. The first kappa shape index (κ1) is 44.7. The number of benzene rings is 5. The van der Waals surface area contributed by atoms with Crippen LogP contribution in [0.15, 0.2) is 150 Å². The molecular weight excluding hydrogens is 919 g/mol. The number of carbonyl (C=O) groups excluding carboxylic acids is 1. The van der Waals surface area contributed by atoms with Crippen molar-refractivity contribution in [2.45, 2.75) is 14.7 Å². The molecule has 5 aromatic carbocycles. The molecule has 0 saturated heterocycles. The number of para-hydroxylation sites is 1. The summed E-state index contributed by atoms with van der Waals surface area (Å²) >= 11 is 0. The number of aromatic nitrogens is 3. The van der Waals surface area contributed by atoms with Crippen LogP contribution in [0.25, 0.3) is 6.08 Å². The minimum Gasteiger partial charge on any atom is -0.324 e. The minimum atomic E-state index is -5.19. The molecule has 0 bridgehead atoms. The number of hydrogen-bond acceptors (Lipinski definition) is 19. The van der Waals surface area contributed by atoms with Crippen LogP contribution in [0.4, 0.5) is 52.0 Å². The van der Waals surface area contributed by atoms with Gasteiger partial charge < -0.3 is 16.0 Å². The number of primary sulfonamides is 1. The predicted octanol–water partition coefficient (Wildman–Crippen LogP) is 5.55. The summed E-state index contributed by atoms with van der Waals surface area (Å²) in [7, 11) is -18.8. The molecular formula is C37H29N11O12S4. The van der Waals surface area contributed by atoms with Gasteiger partial charge in [0.25, 0.3) is 30.4 Å². The fourth-order valence-corrected chi connectivity index (χ4v) is 8.08. The van der Waals surface area contributed by atoms with Crippen LogP contribution in [0.1, 0.15) is 15.9 Å². The van der Waals surface area contributed by atoms with Crippen LogP contribution in [0.2, 0.25) is 0 Å². The quantitative estimate of drug-likeness (QED) is 0.0377. The van der Waals surface area contributed by atoms with Gasteiger partial charge in [0, 0.05) is 22.6 Å². The van der Waals surface area contributed by atoms with Gasteiger partial charge in [0.2, 0.25) is 33.7 Å². The second-order valence-electron chi connectivity index (χ2n) is 13.1. The third kappa shape index (κ3) is 10.8. The summed E-state index contributed by atoms with van der Waals surface area (Å²) < 4.78 is 126. The van der Waals surface area contributed by atoms with Crippen LogP contribution in [-0.2, 0) is 40.4 Å². The first-order valence-corrected chi connectivity index (χ1v) is 23.5. The van der Waals surface area contributed by atoms with Crippen LogP contribution in [0.3, 0.4) is 0 Å². The summed E-state index contributed by atoms with van der Waals surface area (Å²) in [6, 6.07) is 26.1. The number of hydrazone groups is 1. The second-order valence-corrected chi connectivity index (χ2v) is 18.9. The Morgan fingerprint density at radius 3 is 1.72 bits per heavy atom. The van der Waals surface area contributed by atoms with Crippen molar-refractivity contribution >= 4 is 110 Å². The van der Waals surface area contributed by atoms with Crippen LogP contribution in [-0.4, -0.2) is 73.8 Å². The number of azo groups is 1. The number of sulfonamides is 1. The molecule has 0 aliphatic heterocycles. The van der Waals surface area contributed by atoms with Gasteiger partial charge in [-0.15, -0.1) is 0 Å². The predicted molar refractivity (Wildman–Crippen MR) is 232 cm³/mol. The molecule has 0 atom stereocenters. The molecule has 1 aromatic heterocycles. The van der Waals surface area contributed by atoms with Gasteiger partial charge in [-0.3, -0.25) is 23.9 Å². The molecule has 23 nitrogen and oxygen atoms in total. The number of allylic oxidation sites excluding steroid dienone is 1. The molecule has 0 saturated carbocycles. The average Bonchev–Trinajstić information content (AvgIpc) is 3.22. The van der Waals surface area contributed by atoms with Gasteiger partial charge in [-0.25, -0.2) is 13.6 Å². The smallest absolute Gasteiger partial charge is 0.296 e. The zero-order valence-corrected chi connectivity index (χ0v) is 35.2. The van der Waals surface area contributed by atoms with Crippen LogP contribution in [0, 0.1) is 0 Å². The lowest BCUT2D eigenvalue weighted by atomic mass is 9.94. The number of carbonyl (C=O) groups is 1. The highest BCUT2D eigenvalue weighted by Gasteiger charge is 2.33. The molecule has 0 radical (unpaired) electrons. The summed E-state index contributed by atoms with van der Waals surface area (Å²) in [5.41, 5.74) is 1.85. The van der Waals surface area contributed by atoms with E-state index in [-0.39, 0.29) is 56.6 Å². The highest BCUT2D eigenvalue weighted by molar-refractivity contribution is 7.91. The number of hydrogen-bond donors (Lipinski definition) is 8. The Labute approximate surface area is 363 Å². The van der Waals surface area contributed by atoms with E-state index in [1.54, 1.807) is 36.4 Å². The van der Waals surface area contributed by atoms with Gasteiger partial charge in [0.05, 0.1) is 26.9 Å². The number of rotatable bonds is 14. The lowest BCUT2D eigenvalue weighted by Crippen LogP contribution is -2.27. The Hall–Kier alpha value is -7.37. The van der Waals surface area contributed by atoms with Crippen molar-refractivity contribution < 1.29 is 52.1 Å². The van der Waals surface area contributed by atoms with E-state index in [9.17, 15) is 47.6 Å². The van der Waals surface area contributed by atoms with E-state index in [4.69, 9.17) is 9.69 Å². The Morgan fingerprint density at radius 1 is 0.547 bits per heavy atom. The van der Waals surface area contributed by atoms with Crippen molar-refractivity contribution in [2.75, 3.05) is 21.4 Å². The first-order chi connectivity index (χ1) is 30.1. The Kier molecular flexibility index (Phi) is 12.2. The molecule has 0 unspecified atom stereocenters. The summed E-state index contributed by atoms with van der Waals surface area (Å²) in [5, 5.41) is 25.7. The molecule has 6 aromatic rings. The molecule has 64 heavy (non-hydrogen) atoms. The van der Waals surface area contributed by atoms with E-state index >= 15 is 0 Å². The van der Waals surface area contributed by atoms with E-state index in [0.717, 1.165) is 30.3 Å². The maximum absolute atomic E-state index is 13.8.